The van der Waals surface area contributed by atoms with Gasteiger partial charge in [0.2, 0.25) is 0 Å². The van der Waals surface area contributed by atoms with E-state index in [0.717, 1.165) is 52.5 Å². The van der Waals surface area contributed by atoms with Crippen LogP contribution in [0.25, 0.3) is 15.9 Å². The Bertz CT molecular complexity index is 968. The highest BCUT2D eigenvalue weighted by Gasteiger charge is 2.28. The molecule has 1 fully saturated rings. The summed E-state index contributed by atoms with van der Waals surface area (Å²) in [7, 11) is 1.96. The van der Waals surface area contributed by atoms with Gasteiger partial charge < -0.3 is 10.2 Å². The summed E-state index contributed by atoms with van der Waals surface area (Å²) < 4.78 is 1.88. The lowest BCUT2D eigenvalue weighted by atomic mass is 10.1. The number of hydrogen-bond donors (Lipinski definition) is 1. The highest BCUT2D eigenvalue weighted by molar-refractivity contribution is 7.20. The highest BCUT2D eigenvalue weighted by atomic mass is 35.5. The number of carbonyl (C=O) groups is 1. The molecule has 1 saturated heterocycles. The molecule has 1 aliphatic heterocycles. The Labute approximate surface area is 173 Å². The summed E-state index contributed by atoms with van der Waals surface area (Å²) >= 11 is 7.64. The number of aromatic nitrogens is 2. The van der Waals surface area contributed by atoms with E-state index in [1.807, 2.05) is 53.9 Å². The molecule has 0 aliphatic carbocycles. The van der Waals surface area contributed by atoms with Crippen LogP contribution in [0.5, 0.6) is 0 Å². The summed E-state index contributed by atoms with van der Waals surface area (Å²) in [6, 6.07) is 9.60. The number of thiophene rings is 1. The molecule has 1 amide bonds. The van der Waals surface area contributed by atoms with Gasteiger partial charge in [0.05, 0.1) is 16.3 Å². The first-order valence-corrected chi connectivity index (χ1v) is 9.95. The van der Waals surface area contributed by atoms with Crippen LogP contribution in [0.1, 0.15) is 21.8 Å². The van der Waals surface area contributed by atoms with Crippen molar-refractivity contribution in [1.29, 1.82) is 0 Å². The molecule has 27 heavy (non-hydrogen) atoms. The maximum Gasteiger partial charge on any atom is 0.264 e. The number of aryl methyl sites for hydroxylation is 1. The molecular formula is C19H22Cl2N4OS. The standard InChI is InChI=1S/C19H21ClN4OS.ClH/c1-12-16-9-17(18(25)23-7-6-13(11-23)10-21-2)26-19(16)24(22-12)15-5-3-4-14(20)8-15;/h3-5,8-9,13,21H,6-7,10-11H2,1-2H3;1H. The quantitative estimate of drug-likeness (QED) is 0.683. The van der Waals surface area contributed by atoms with Crippen LogP contribution in [0.4, 0.5) is 0 Å². The van der Waals surface area contributed by atoms with E-state index in [2.05, 4.69) is 10.4 Å². The van der Waals surface area contributed by atoms with Gasteiger partial charge in [-0.05, 0) is 57.1 Å². The Balaban J connectivity index is 0.00000210. The van der Waals surface area contributed by atoms with Gasteiger partial charge in [-0.25, -0.2) is 4.68 Å². The molecule has 8 heteroatoms. The second-order valence-electron chi connectivity index (χ2n) is 6.77. The van der Waals surface area contributed by atoms with E-state index >= 15 is 0 Å². The largest absolute Gasteiger partial charge is 0.338 e. The zero-order valence-electron chi connectivity index (χ0n) is 15.2. The van der Waals surface area contributed by atoms with Crippen LogP contribution in [0.15, 0.2) is 30.3 Å². The second-order valence-corrected chi connectivity index (χ2v) is 8.24. The zero-order chi connectivity index (χ0) is 18.3. The molecule has 0 radical (unpaired) electrons. The summed E-state index contributed by atoms with van der Waals surface area (Å²) in [5, 5.41) is 9.54. The normalized spacial score (nSPS) is 16.7. The van der Waals surface area contributed by atoms with Gasteiger partial charge in [-0.15, -0.1) is 23.7 Å². The number of likely N-dealkylation sites (tertiary alicyclic amines) is 1. The van der Waals surface area contributed by atoms with E-state index in [-0.39, 0.29) is 18.3 Å². The Kier molecular flexibility index (Phi) is 6.11. The van der Waals surface area contributed by atoms with Crippen molar-refractivity contribution in [1.82, 2.24) is 20.0 Å². The van der Waals surface area contributed by atoms with Crippen molar-refractivity contribution in [2.45, 2.75) is 13.3 Å². The van der Waals surface area contributed by atoms with Gasteiger partial charge in [0.1, 0.15) is 4.83 Å². The Morgan fingerprint density at radius 3 is 2.96 bits per heavy atom. The van der Waals surface area contributed by atoms with Crippen LogP contribution in [0, 0.1) is 12.8 Å². The maximum absolute atomic E-state index is 12.9. The van der Waals surface area contributed by atoms with Gasteiger partial charge in [-0.2, -0.15) is 5.10 Å². The third kappa shape index (κ3) is 3.85. The number of fused-ring (bicyclic) bond motifs is 1. The van der Waals surface area contributed by atoms with Gasteiger partial charge in [0, 0.05) is 23.5 Å². The third-order valence-electron chi connectivity index (χ3n) is 4.87. The van der Waals surface area contributed by atoms with Crippen LogP contribution in [0.2, 0.25) is 5.02 Å². The third-order valence-corrected chi connectivity index (χ3v) is 6.21. The lowest BCUT2D eigenvalue weighted by Gasteiger charge is -2.15. The van der Waals surface area contributed by atoms with Crippen molar-refractivity contribution >= 4 is 51.5 Å². The van der Waals surface area contributed by atoms with Crippen LogP contribution in [-0.4, -0.2) is 47.3 Å². The lowest BCUT2D eigenvalue weighted by Crippen LogP contribution is -2.29. The summed E-state index contributed by atoms with van der Waals surface area (Å²) in [5.41, 5.74) is 1.83. The summed E-state index contributed by atoms with van der Waals surface area (Å²) in [5.74, 6) is 0.670. The topological polar surface area (TPSA) is 50.2 Å². The van der Waals surface area contributed by atoms with E-state index in [0.29, 0.717) is 10.9 Å². The van der Waals surface area contributed by atoms with Crippen molar-refractivity contribution in [2.24, 2.45) is 5.92 Å². The summed E-state index contributed by atoms with van der Waals surface area (Å²) in [4.78, 5) is 16.7. The molecule has 4 rings (SSSR count). The number of rotatable bonds is 4. The fourth-order valence-corrected chi connectivity index (χ4v) is 4.90. The summed E-state index contributed by atoms with van der Waals surface area (Å²) in [6.07, 6.45) is 1.06. The number of nitrogens with zero attached hydrogens (tertiary/aromatic N) is 3. The number of amides is 1. The Morgan fingerprint density at radius 1 is 1.41 bits per heavy atom. The number of benzene rings is 1. The molecule has 0 bridgehead atoms. The minimum Gasteiger partial charge on any atom is -0.338 e. The van der Waals surface area contributed by atoms with E-state index in [1.165, 1.54) is 11.3 Å². The van der Waals surface area contributed by atoms with E-state index < -0.39 is 0 Å². The van der Waals surface area contributed by atoms with Crippen LogP contribution in [0.3, 0.4) is 0 Å². The molecule has 0 spiro atoms. The minimum atomic E-state index is 0. The maximum atomic E-state index is 12.9. The minimum absolute atomic E-state index is 0. The van der Waals surface area contributed by atoms with Crippen molar-refractivity contribution in [3.8, 4) is 5.69 Å². The molecule has 2 aromatic heterocycles. The van der Waals surface area contributed by atoms with Gasteiger partial charge in [0.25, 0.3) is 5.91 Å². The fourth-order valence-electron chi connectivity index (χ4n) is 3.56. The van der Waals surface area contributed by atoms with E-state index in [9.17, 15) is 4.79 Å². The van der Waals surface area contributed by atoms with Crippen LogP contribution < -0.4 is 5.32 Å². The zero-order valence-corrected chi connectivity index (χ0v) is 17.6. The molecule has 1 aromatic carbocycles. The average molecular weight is 425 g/mol. The predicted octanol–water partition coefficient (Wildman–Crippen LogP) is 4.15. The number of nitrogens with one attached hydrogen (secondary N) is 1. The fraction of sp³-hybridized carbons (Fsp3) is 0.368. The average Bonchev–Trinajstić information content (AvgIpc) is 3.32. The molecule has 1 atom stereocenters. The molecule has 1 unspecified atom stereocenters. The van der Waals surface area contributed by atoms with E-state index in [1.54, 1.807) is 0 Å². The molecule has 1 aliphatic rings. The van der Waals surface area contributed by atoms with Crippen molar-refractivity contribution < 1.29 is 4.79 Å². The van der Waals surface area contributed by atoms with Crippen molar-refractivity contribution in [3.63, 3.8) is 0 Å². The SMILES string of the molecule is CNCC1CCN(C(=O)c2cc3c(C)nn(-c4cccc(Cl)c4)c3s2)C1.Cl. The Hall–Kier alpha value is -1.60. The van der Waals surface area contributed by atoms with Gasteiger partial charge in [-0.3, -0.25) is 4.79 Å². The molecule has 0 saturated carbocycles. The molecule has 1 N–H and O–H groups in total. The Morgan fingerprint density at radius 2 is 2.22 bits per heavy atom. The molecule has 3 heterocycles. The highest BCUT2D eigenvalue weighted by Crippen LogP contribution is 2.32. The van der Waals surface area contributed by atoms with Crippen LogP contribution in [-0.2, 0) is 0 Å². The monoisotopic (exact) mass is 424 g/mol. The first-order valence-electron chi connectivity index (χ1n) is 8.76. The van der Waals surface area contributed by atoms with Crippen LogP contribution >= 0.6 is 35.3 Å². The molecular weight excluding hydrogens is 403 g/mol. The van der Waals surface area contributed by atoms with Gasteiger partial charge in [-0.1, -0.05) is 17.7 Å². The number of halogens is 2. The second kappa shape index (κ2) is 8.19. The molecule has 144 valence electrons. The molecule has 3 aromatic rings. The number of hydrogen-bond acceptors (Lipinski definition) is 4. The van der Waals surface area contributed by atoms with Crippen molar-refractivity contribution in [3.05, 3.63) is 45.9 Å². The summed E-state index contributed by atoms with van der Waals surface area (Å²) in [6.45, 7) is 4.59. The van der Waals surface area contributed by atoms with E-state index in [4.69, 9.17) is 11.6 Å². The van der Waals surface area contributed by atoms with Gasteiger partial charge in [0.15, 0.2) is 0 Å². The molecule has 5 nitrogen and oxygen atoms in total. The van der Waals surface area contributed by atoms with Gasteiger partial charge >= 0.3 is 0 Å². The number of carbonyl (C=O) groups excluding carboxylic acids is 1. The lowest BCUT2D eigenvalue weighted by molar-refractivity contribution is 0.0792. The van der Waals surface area contributed by atoms with Crippen molar-refractivity contribution in [2.75, 3.05) is 26.7 Å². The predicted molar refractivity (Wildman–Crippen MR) is 114 cm³/mol. The first-order chi connectivity index (χ1) is 12.6. The first kappa shape index (κ1) is 20.1. The smallest absolute Gasteiger partial charge is 0.264 e.